The maximum atomic E-state index is 11.8. The van der Waals surface area contributed by atoms with E-state index in [2.05, 4.69) is 10.3 Å². The predicted octanol–water partition coefficient (Wildman–Crippen LogP) is 2.76. The Morgan fingerprint density at radius 3 is 2.85 bits per heavy atom. The Hall–Kier alpha value is -2.99. The van der Waals surface area contributed by atoms with E-state index in [1.807, 2.05) is 49.4 Å². The number of ether oxygens (including phenoxy) is 2. The van der Waals surface area contributed by atoms with Crippen molar-refractivity contribution in [2.45, 2.75) is 24.9 Å². The first-order valence-electron chi connectivity index (χ1n) is 8.57. The normalized spacial score (nSPS) is 23.8. The first kappa shape index (κ1) is 15.3. The molecule has 5 rings (SSSR count). The lowest BCUT2D eigenvalue weighted by atomic mass is 9.80. The summed E-state index contributed by atoms with van der Waals surface area (Å²) in [7, 11) is 0. The van der Waals surface area contributed by atoms with Crippen LogP contribution in [0.25, 0.3) is 10.9 Å². The second-order valence-corrected chi connectivity index (χ2v) is 6.96. The smallest absolute Gasteiger partial charge is 0.321 e. The molecule has 3 N–H and O–H groups in total. The molecule has 26 heavy (non-hydrogen) atoms. The van der Waals surface area contributed by atoms with Gasteiger partial charge in [0.25, 0.3) is 0 Å². The number of aliphatic carboxylic acids is 1. The van der Waals surface area contributed by atoms with Crippen LogP contribution in [0.3, 0.4) is 0 Å². The number of hydrogen-bond donors (Lipinski definition) is 3. The summed E-state index contributed by atoms with van der Waals surface area (Å²) in [6, 6.07) is 13.1. The van der Waals surface area contributed by atoms with Crippen molar-refractivity contribution >= 4 is 16.9 Å². The third-order valence-electron chi connectivity index (χ3n) is 5.43. The summed E-state index contributed by atoms with van der Waals surface area (Å²) in [5, 5.41) is 14.1. The highest BCUT2D eigenvalue weighted by Gasteiger charge is 2.42. The predicted molar refractivity (Wildman–Crippen MR) is 95.6 cm³/mol. The van der Waals surface area contributed by atoms with E-state index in [0.717, 1.165) is 27.7 Å². The fourth-order valence-corrected chi connectivity index (χ4v) is 4.10. The summed E-state index contributed by atoms with van der Waals surface area (Å²) in [5.41, 5.74) is 3.30. The molecule has 0 unspecified atom stereocenters. The number of benzene rings is 2. The molecular formula is C20H18N2O4. The van der Waals surface area contributed by atoms with Gasteiger partial charge >= 0.3 is 5.97 Å². The number of nitrogens with one attached hydrogen (secondary N) is 2. The van der Waals surface area contributed by atoms with Crippen LogP contribution in [0.5, 0.6) is 11.5 Å². The van der Waals surface area contributed by atoms with Crippen LogP contribution in [0.1, 0.15) is 23.7 Å². The minimum atomic E-state index is -0.854. The Balaban J connectivity index is 1.74. The van der Waals surface area contributed by atoms with E-state index in [4.69, 9.17) is 9.47 Å². The molecular weight excluding hydrogens is 332 g/mol. The fraction of sp³-hybridized carbons (Fsp3) is 0.250. The van der Waals surface area contributed by atoms with Crippen LogP contribution in [0, 0.1) is 0 Å². The number of hydrogen-bond acceptors (Lipinski definition) is 4. The van der Waals surface area contributed by atoms with E-state index >= 15 is 0 Å². The van der Waals surface area contributed by atoms with E-state index in [-0.39, 0.29) is 6.79 Å². The molecule has 0 saturated heterocycles. The zero-order valence-corrected chi connectivity index (χ0v) is 14.2. The van der Waals surface area contributed by atoms with Gasteiger partial charge in [-0.15, -0.1) is 0 Å². The molecule has 0 saturated carbocycles. The molecule has 0 fully saturated rings. The lowest BCUT2D eigenvalue weighted by Crippen LogP contribution is -2.54. The minimum Gasteiger partial charge on any atom is -0.480 e. The molecule has 2 aliphatic rings. The van der Waals surface area contributed by atoms with Crippen LogP contribution in [0.4, 0.5) is 0 Å². The van der Waals surface area contributed by atoms with Gasteiger partial charge in [-0.05, 0) is 36.2 Å². The average molecular weight is 350 g/mol. The van der Waals surface area contributed by atoms with Crippen molar-refractivity contribution in [1.82, 2.24) is 10.3 Å². The number of H-pyrrole nitrogens is 1. The molecule has 0 aliphatic carbocycles. The average Bonchev–Trinajstić information content (AvgIpc) is 3.25. The number of rotatable bonds is 2. The lowest BCUT2D eigenvalue weighted by Gasteiger charge is -2.39. The van der Waals surface area contributed by atoms with Gasteiger partial charge in [0, 0.05) is 23.0 Å². The van der Waals surface area contributed by atoms with Crippen LogP contribution in [0.15, 0.2) is 42.5 Å². The van der Waals surface area contributed by atoms with Gasteiger partial charge < -0.3 is 19.6 Å². The van der Waals surface area contributed by atoms with Crippen molar-refractivity contribution < 1.29 is 19.4 Å². The maximum absolute atomic E-state index is 11.8. The van der Waals surface area contributed by atoms with E-state index in [1.54, 1.807) is 0 Å². The second kappa shape index (κ2) is 5.25. The quantitative estimate of drug-likeness (QED) is 0.662. The number of carboxylic acids is 1. The summed E-state index contributed by atoms with van der Waals surface area (Å²) in [5.74, 6) is 0.536. The lowest BCUT2D eigenvalue weighted by molar-refractivity contribution is -0.140. The first-order valence-corrected chi connectivity index (χ1v) is 8.57. The van der Waals surface area contributed by atoms with Crippen molar-refractivity contribution in [2.24, 2.45) is 0 Å². The SMILES string of the molecule is C[C@@]1(c2ccc3c(c2)OCO3)N[C@H](C(=O)O)Cc2c1[nH]c1ccccc21. The Morgan fingerprint density at radius 1 is 1.19 bits per heavy atom. The molecule has 3 aromatic rings. The molecule has 2 aliphatic heterocycles. The van der Waals surface area contributed by atoms with Gasteiger partial charge in [-0.3, -0.25) is 10.1 Å². The summed E-state index contributed by atoms with van der Waals surface area (Å²) < 4.78 is 10.9. The number of aromatic amines is 1. The largest absolute Gasteiger partial charge is 0.480 e. The van der Waals surface area contributed by atoms with Crippen LogP contribution < -0.4 is 14.8 Å². The molecule has 1 aromatic heterocycles. The van der Waals surface area contributed by atoms with Gasteiger partial charge in [-0.1, -0.05) is 24.3 Å². The number of fused-ring (bicyclic) bond motifs is 4. The molecule has 6 heteroatoms. The molecule has 0 radical (unpaired) electrons. The highest BCUT2D eigenvalue weighted by molar-refractivity contribution is 5.87. The van der Waals surface area contributed by atoms with Gasteiger partial charge in [0.15, 0.2) is 11.5 Å². The molecule has 132 valence electrons. The maximum Gasteiger partial charge on any atom is 0.321 e. The van der Waals surface area contributed by atoms with Crippen molar-refractivity contribution in [3.8, 4) is 11.5 Å². The molecule has 0 spiro atoms. The summed E-state index contributed by atoms with van der Waals surface area (Å²) >= 11 is 0. The van der Waals surface area contributed by atoms with Crippen LogP contribution in [-0.2, 0) is 16.8 Å². The summed E-state index contributed by atoms with van der Waals surface area (Å²) in [6.07, 6.45) is 0.439. The standard InChI is InChI=1S/C20H18N2O4/c1-20(11-6-7-16-17(8-11)26-10-25-16)18-13(9-15(22-20)19(23)24)12-4-2-3-5-14(12)21-18/h2-8,15,21-22H,9-10H2,1H3,(H,23,24)/t15-,20-/m0/s1. The van der Waals surface area contributed by atoms with Crippen LogP contribution in [0.2, 0.25) is 0 Å². The minimum absolute atomic E-state index is 0.207. The first-order chi connectivity index (χ1) is 12.6. The topological polar surface area (TPSA) is 83.6 Å². The van der Waals surface area contributed by atoms with Crippen molar-refractivity contribution in [3.05, 3.63) is 59.3 Å². The summed E-state index contributed by atoms with van der Waals surface area (Å²) in [6.45, 7) is 2.21. The zero-order chi connectivity index (χ0) is 17.9. The van der Waals surface area contributed by atoms with E-state index in [1.165, 1.54) is 0 Å². The number of para-hydroxylation sites is 1. The highest BCUT2D eigenvalue weighted by atomic mass is 16.7. The van der Waals surface area contributed by atoms with E-state index < -0.39 is 17.6 Å². The third-order valence-corrected chi connectivity index (χ3v) is 5.43. The van der Waals surface area contributed by atoms with Crippen molar-refractivity contribution in [2.75, 3.05) is 6.79 Å². The number of aromatic nitrogens is 1. The highest BCUT2D eigenvalue weighted by Crippen LogP contribution is 2.42. The molecule has 2 aromatic carbocycles. The second-order valence-electron chi connectivity index (χ2n) is 6.96. The molecule has 2 atom stereocenters. The molecule has 6 nitrogen and oxygen atoms in total. The Bertz CT molecular complexity index is 1040. The van der Waals surface area contributed by atoms with Crippen LogP contribution in [-0.4, -0.2) is 28.9 Å². The van der Waals surface area contributed by atoms with E-state index in [0.29, 0.717) is 17.9 Å². The molecule has 0 amide bonds. The van der Waals surface area contributed by atoms with Crippen molar-refractivity contribution in [3.63, 3.8) is 0 Å². The number of carboxylic acid groups (broad SMARTS) is 1. The van der Waals surface area contributed by atoms with Gasteiger partial charge in [0.2, 0.25) is 6.79 Å². The van der Waals surface area contributed by atoms with E-state index in [9.17, 15) is 9.90 Å². The Kier molecular flexibility index (Phi) is 3.09. The van der Waals surface area contributed by atoms with Crippen molar-refractivity contribution in [1.29, 1.82) is 0 Å². The van der Waals surface area contributed by atoms with Gasteiger partial charge in [0.1, 0.15) is 6.04 Å². The Labute approximate surface area is 149 Å². The molecule has 3 heterocycles. The number of carbonyl (C=O) groups is 1. The van der Waals surface area contributed by atoms with Gasteiger partial charge in [0.05, 0.1) is 5.54 Å². The molecule has 0 bridgehead atoms. The third kappa shape index (κ3) is 2.05. The summed E-state index contributed by atoms with van der Waals surface area (Å²) in [4.78, 5) is 15.3. The van der Waals surface area contributed by atoms with Crippen LogP contribution >= 0.6 is 0 Å². The fourth-order valence-electron chi connectivity index (χ4n) is 4.10. The monoisotopic (exact) mass is 350 g/mol. The zero-order valence-electron chi connectivity index (χ0n) is 14.2. The van der Waals surface area contributed by atoms with Gasteiger partial charge in [-0.2, -0.15) is 0 Å². The Morgan fingerprint density at radius 2 is 2.00 bits per heavy atom. The van der Waals surface area contributed by atoms with Gasteiger partial charge in [-0.25, -0.2) is 0 Å².